The molecular formula is C13H10F3N3O4. The molecule has 2 aromatic rings. The van der Waals surface area contributed by atoms with Gasteiger partial charge in [-0.1, -0.05) is 0 Å². The zero-order chi connectivity index (χ0) is 17.1. The molecule has 7 nitrogen and oxygen atoms in total. The molecule has 0 unspecified atom stereocenters. The summed E-state index contributed by atoms with van der Waals surface area (Å²) in [6.45, 7) is -3.22. The van der Waals surface area contributed by atoms with Crippen LogP contribution in [0.4, 0.5) is 18.9 Å². The van der Waals surface area contributed by atoms with Gasteiger partial charge in [0.05, 0.1) is 17.4 Å². The Kier molecular flexibility index (Phi) is 4.53. The molecule has 0 atom stereocenters. The number of alkyl halides is 2. The molecule has 0 saturated carbocycles. The van der Waals surface area contributed by atoms with Crippen molar-refractivity contribution in [3.05, 3.63) is 41.5 Å². The number of amides is 1. The maximum absolute atomic E-state index is 13.1. The lowest BCUT2D eigenvalue weighted by Crippen LogP contribution is -2.18. The molecule has 2 rings (SSSR count). The van der Waals surface area contributed by atoms with Crippen molar-refractivity contribution < 1.29 is 32.6 Å². The molecule has 23 heavy (non-hydrogen) atoms. The van der Waals surface area contributed by atoms with E-state index >= 15 is 0 Å². The van der Waals surface area contributed by atoms with Crippen molar-refractivity contribution in [1.29, 1.82) is 0 Å². The van der Waals surface area contributed by atoms with Crippen molar-refractivity contribution in [1.82, 2.24) is 9.78 Å². The number of carboxylic acid groups (broad SMARTS) is 1. The van der Waals surface area contributed by atoms with Crippen molar-refractivity contribution in [2.75, 3.05) is 5.32 Å². The summed E-state index contributed by atoms with van der Waals surface area (Å²) in [4.78, 5) is 23.2. The van der Waals surface area contributed by atoms with Gasteiger partial charge in [0, 0.05) is 13.1 Å². The average Bonchev–Trinajstić information content (AvgIpc) is 2.83. The summed E-state index contributed by atoms with van der Waals surface area (Å²) in [5, 5.41) is 14.9. The highest BCUT2D eigenvalue weighted by molar-refractivity contribution is 6.10. The number of nitrogens with zero attached hydrogens (tertiary/aromatic N) is 2. The molecule has 1 heterocycles. The van der Waals surface area contributed by atoms with Crippen molar-refractivity contribution >= 4 is 17.6 Å². The van der Waals surface area contributed by atoms with Crippen LogP contribution in [0.25, 0.3) is 0 Å². The first-order valence-electron chi connectivity index (χ1n) is 6.10. The Morgan fingerprint density at radius 3 is 2.70 bits per heavy atom. The van der Waals surface area contributed by atoms with E-state index in [1.54, 1.807) is 0 Å². The van der Waals surface area contributed by atoms with Crippen LogP contribution in [0.2, 0.25) is 0 Å². The van der Waals surface area contributed by atoms with E-state index < -0.39 is 30.1 Å². The van der Waals surface area contributed by atoms with E-state index in [9.17, 15) is 22.8 Å². The van der Waals surface area contributed by atoms with Crippen molar-refractivity contribution in [3.8, 4) is 5.75 Å². The van der Waals surface area contributed by atoms with Crippen LogP contribution >= 0.6 is 0 Å². The molecule has 1 aromatic carbocycles. The maximum Gasteiger partial charge on any atom is 0.387 e. The fraction of sp³-hybridized carbons (Fsp3) is 0.154. The molecule has 0 spiro atoms. The van der Waals surface area contributed by atoms with E-state index in [4.69, 9.17) is 5.11 Å². The minimum absolute atomic E-state index is 0.239. The molecule has 2 N–H and O–H groups in total. The number of hydrogen-bond donors (Lipinski definition) is 2. The second-order valence-corrected chi connectivity index (χ2v) is 4.31. The number of carbonyl (C=O) groups is 2. The third-order valence-electron chi connectivity index (χ3n) is 2.79. The fourth-order valence-electron chi connectivity index (χ4n) is 1.84. The Bertz CT molecular complexity index is 761. The summed E-state index contributed by atoms with van der Waals surface area (Å²) in [7, 11) is 1.32. The van der Waals surface area contributed by atoms with Crippen LogP contribution in [-0.4, -0.2) is 33.4 Å². The summed E-state index contributed by atoms with van der Waals surface area (Å²) in [6.07, 6.45) is 1.01. The smallest absolute Gasteiger partial charge is 0.387 e. The molecule has 0 aliphatic rings. The van der Waals surface area contributed by atoms with Crippen LogP contribution in [0, 0.1) is 5.82 Å². The molecule has 122 valence electrons. The van der Waals surface area contributed by atoms with E-state index in [1.165, 1.54) is 7.05 Å². The zero-order valence-corrected chi connectivity index (χ0v) is 11.6. The molecule has 0 aliphatic heterocycles. The summed E-state index contributed by atoms with van der Waals surface area (Å²) < 4.78 is 42.8. The molecular weight excluding hydrogens is 319 g/mol. The largest absolute Gasteiger partial charge is 0.477 e. The number of anilines is 1. The number of carbonyl (C=O) groups excluding carboxylic acids is 1. The van der Waals surface area contributed by atoms with Gasteiger partial charge in [-0.2, -0.15) is 13.9 Å². The SMILES string of the molecule is Cn1ncc(C(=O)Nc2ccc(F)cc2OC(F)F)c1C(=O)O. The van der Waals surface area contributed by atoms with E-state index in [0.29, 0.717) is 6.07 Å². The first-order chi connectivity index (χ1) is 10.8. The third kappa shape index (κ3) is 3.59. The predicted molar refractivity (Wildman–Crippen MR) is 71.2 cm³/mol. The molecule has 1 aromatic heterocycles. The van der Waals surface area contributed by atoms with Gasteiger partial charge in [-0.25, -0.2) is 9.18 Å². The van der Waals surface area contributed by atoms with E-state index in [0.717, 1.165) is 23.0 Å². The van der Waals surface area contributed by atoms with Crippen LogP contribution in [0.3, 0.4) is 0 Å². The van der Waals surface area contributed by atoms with Crippen LogP contribution in [-0.2, 0) is 7.05 Å². The Morgan fingerprint density at radius 1 is 1.39 bits per heavy atom. The maximum atomic E-state index is 13.1. The minimum atomic E-state index is -3.22. The third-order valence-corrected chi connectivity index (χ3v) is 2.79. The molecule has 1 amide bonds. The van der Waals surface area contributed by atoms with Gasteiger partial charge in [0.1, 0.15) is 5.82 Å². The highest BCUT2D eigenvalue weighted by atomic mass is 19.3. The lowest BCUT2D eigenvalue weighted by molar-refractivity contribution is -0.0495. The summed E-state index contributed by atoms with van der Waals surface area (Å²) in [6, 6.07) is 2.61. The standard InChI is InChI=1S/C13H10F3N3O4/c1-19-10(12(21)22)7(5-17-19)11(20)18-8-3-2-6(14)4-9(8)23-13(15)16/h2-5,13H,1H3,(H,18,20)(H,21,22). The van der Waals surface area contributed by atoms with Crippen molar-refractivity contribution in [2.24, 2.45) is 7.05 Å². The number of benzene rings is 1. The number of nitrogens with one attached hydrogen (secondary N) is 1. The number of hydrogen-bond acceptors (Lipinski definition) is 4. The zero-order valence-electron chi connectivity index (χ0n) is 11.6. The van der Waals surface area contributed by atoms with Gasteiger partial charge in [-0.15, -0.1) is 0 Å². The highest BCUT2D eigenvalue weighted by Gasteiger charge is 2.23. The Morgan fingerprint density at radius 2 is 2.09 bits per heavy atom. The number of aromatic carboxylic acids is 1. The molecule has 0 bridgehead atoms. The van der Waals surface area contributed by atoms with Crippen LogP contribution in [0.5, 0.6) is 5.75 Å². The number of rotatable bonds is 5. The number of aryl methyl sites for hydroxylation is 1. The Hall–Kier alpha value is -3.04. The van der Waals surface area contributed by atoms with Gasteiger partial charge in [0.15, 0.2) is 11.4 Å². The van der Waals surface area contributed by atoms with Gasteiger partial charge in [0.25, 0.3) is 5.91 Å². The quantitative estimate of drug-likeness (QED) is 0.876. The van der Waals surface area contributed by atoms with Gasteiger partial charge in [-0.05, 0) is 12.1 Å². The van der Waals surface area contributed by atoms with Crippen molar-refractivity contribution in [2.45, 2.75) is 6.61 Å². The predicted octanol–water partition coefficient (Wildman–Crippen LogP) is 2.11. The van der Waals surface area contributed by atoms with Gasteiger partial charge in [0.2, 0.25) is 0 Å². The summed E-state index contributed by atoms with van der Waals surface area (Å²) in [5.74, 6) is -3.74. The number of ether oxygens (including phenoxy) is 1. The second-order valence-electron chi connectivity index (χ2n) is 4.31. The number of aromatic nitrogens is 2. The number of carboxylic acids is 1. The lowest BCUT2D eigenvalue weighted by Gasteiger charge is -2.11. The first-order valence-corrected chi connectivity index (χ1v) is 6.10. The molecule has 0 saturated heterocycles. The molecule has 0 aliphatic carbocycles. The normalized spacial score (nSPS) is 10.7. The van der Waals surface area contributed by atoms with Crippen LogP contribution in [0.15, 0.2) is 24.4 Å². The van der Waals surface area contributed by atoms with Crippen LogP contribution < -0.4 is 10.1 Å². The van der Waals surface area contributed by atoms with Gasteiger partial charge in [-0.3, -0.25) is 9.48 Å². The van der Waals surface area contributed by atoms with E-state index in [-0.39, 0.29) is 16.9 Å². The average molecular weight is 329 g/mol. The molecule has 0 radical (unpaired) electrons. The Labute approximate surface area is 127 Å². The lowest BCUT2D eigenvalue weighted by atomic mass is 10.2. The minimum Gasteiger partial charge on any atom is -0.477 e. The van der Waals surface area contributed by atoms with Gasteiger partial charge < -0.3 is 15.2 Å². The highest BCUT2D eigenvalue weighted by Crippen LogP contribution is 2.27. The van der Waals surface area contributed by atoms with E-state index in [2.05, 4.69) is 15.2 Å². The topological polar surface area (TPSA) is 93.5 Å². The second kappa shape index (κ2) is 6.38. The summed E-state index contributed by atoms with van der Waals surface area (Å²) >= 11 is 0. The summed E-state index contributed by atoms with van der Waals surface area (Å²) in [5.41, 5.74) is -0.912. The monoisotopic (exact) mass is 329 g/mol. The fourth-order valence-corrected chi connectivity index (χ4v) is 1.84. The van der Waals surface area contributed by atoms with Crippen LogP contribution in [0.1, 0.15) is 20.8 Å². The first kappa shape index (κ1) is 16.3. The van der Waals surface area contributed by atoms with Crippen molar-refractivity contribution in [3.63, 3.8) is 0 Å². The van der Waals surface area contributed by atoms with Gasteiger partial charge >= 0.3 is 12.6 Å². The Balaban J connectivity index is 2.32. The molecule has 0 fully saturated rings. The number of halogens is 3. The van der Waals surface area contributed by atoms with E-state index in [1.807, 2.05) is 0 Å². The molecule has 10 heteroatoms.